The minimum atomic E-state index is -0.542. The lowest BCUT2D eigenvalue weighted by Crippen LogP contribution is -2.53. The van der Waals surface area contributed by atoms with Gasteiger partial charge in [0.15, 0.2) is 0 Å². The molecule has 5 heteroatoms. The second-order valence-corrected chi connectivity index (χ2v) is 9.03. The number of imide groups is 1. The van der Waals surface area contributed by atoms with Crippen LogP contribution in [0.3, 0.4) is 0 Å². The van der Waals surface area contributed by atoms with E-state index < -0.39 is 23.2 Å². The van der Waals surface area contributed by atoms with Gasteiger partial charge in [0, 0.05) is 11.3 Å². The van der Waals surface area contributed by atoms with Crippen molar-refractivity contribution in [3.8, 4) is 0 Å². The largest absolute Gasteiger partial charge is 0.465 e. The van der Waals surface area contributed by atoms with E-state index in [4.69, 9.17) is 4.74 Å². The Morgan fingerprint density at radius 3 is 2.00 bits per heavy atom. The number of hydrogen-bond acceptors (Lipinski definition) is 4. The van der Waals surface area contributed by atoms with Crippen LogP contribution in [0.2, 0.25) is 0 Å². The van der Waals surface area contributed by atoms with Gasteiger partial charge in [0.05, 0.1) is 30.2 Å². The Kier molecular flexibility index (Phi) is 4.15. The van der Waals surface area contributed by atoms with E-state index in [0.717, 1.165) is 17.5 Å². The molecule has 4 aliphatic rings. The molecular formula is C28H23NO4. The number of benzene rings is 3. The van der Waals surface area contributed by atoms with Crippen molar-refractivity contribution in [1.82, 2.24) is 0 Å². The Morgan fingerprint density at radius 1 is 0.879 bits per heavy atom. The molecule has 2 unspecified atom stereocenters. The molecule has 2 bridgehead atoms. The second kappa shape index (κ2) is 6.88. The zero-order chi connectivity index (χ0) is 22.9. The fourth-order valence-corrected chi connectivity index (χ4v) is 6.65. The molecule has 33 heavy (non-hydrogen) atoms. The standard InChI is InChI=1S/C28H23NO4/c1-3-28-20-10-6-4-8-18(20)22(19-9-5-7-11-21(19)28)23-24(28)26(31)29(25(23)30)17-14-12-16(13-15-17)27(32)33-2/h4-15,22-24H,3H2,1-2H3. The molecular weight excluding hydrogens is 414 g/mol. The van der Waals surface area contributed by atoms with Gasteiger partial charge >= 0.3 is 5.97 Å². The Hall–Kier alpha value is -3.73. The summed E-state index contributed by atoms with van der Waals surface area (Å²) in [6.07, 6.45) is 0.725. The summed E-state index contributed by atoms with van der Waals surface area (Å²) in [7, 11) is 1.32. The number of carbonyl (C=O) groups excluding carboxylic acids is 3. The predicted octanol–water partition coefficient (Wildman–Crippen LogP) is 4.43. The maximum atomic E-state index is 14.0. The summed E-state index contributed by atoms with van der Waals surface area (Å²) in [6, 6.07) is 23.1. The Labute approximate surface area is 192 Å². The topological polar surface area (TPSA) is 63.7 Å². The van der Waals surface area contributed by atoms with Crippen LogP contribution < -0.4 is 4.90 Å². The summed E-state index contributed by atoms with van der Waals surface area (Å²) in [5.74, 6) is -1.82. The molecule has 0 aromatic heterocycles. The van der Waals surface area contributed by atoms with E-state index in [1.165, 1.54) is 23.1 Å². The molecule has 2 atom stereocenters. The number of carbonyl (C=O) groups is 3. The third-order valence-corrected chi connectivity index (χ3v) is 7.90. The molecule has 164 valence electrons. The van der Waals surface area contributed by atoms with Gasteiger partial charge in [-0.1, -0.05) is 55.5 Å². The van der Waals surface area contributed by atoms with Crippen LogP contribution in [0.1, 0.15) is 51.9 Å². The number of nitrogens with zero attached hydrogens (tertiary/aromatic N) is 1. The van der Waals surface area contributed by atoms with Crippen LogP contribution in [0.4, 0.5) is 5.69 Å². The average Bonchev–Trinajstić information content (AvgIpc) is 3.14. The van der Waals surface area contributed by atoms with E-state index >= 15 is 0 Å². The van der Waals surface area contributed by atoms with Crippen LogP contribution in [0.15, 0.2) is 72.8 Å². The summed E-state index contributed by atoms with van der Waals surface area (Å²) in [5.41, 5.74) is 4.98. The quantitative estimate of drug-likeness (QED) is 0.449. The van der Waals surface area contributed by atoms with Crippen molar-refractivity contribution >= 4 is 23.5 Å². The highest BCUT2D eigenvalue weighted by atomic mass is 16.5. The molecule has 0 N–H and O–H groups in total. The summed E-state index contributed by atoms with van der Waals surface area (Å²) in [5, 5.41) is 0. The zero-order valence-corrected chi connectivity index (χ0v) is 18.4. The van der Waals surface area contributed by atoms with E-state index in [-0.39, 0.29) is 17.7 Å². The number of hydrogen-bond donors (Lipinski definition) is 0. The van der Waals surface area contributed by atoms with Crippen molar-refractivity contribution in [2.75, 3.05) is 12.0 Å². The number of methoxy groups -OCH3 is 1. The maximum Gasteiger partial charge on any atom is 0.337 e. The van der Waals surface area contributed by atoms with Gasteiger partial charge in [0.1, 0.15) is 0 Å². The smallest absolute Gasteiger partial charge is 0.337 e. The summed E-state index contributed by atoms with van der Waals surface area (Å²) >= 11 is 0. The second-order valence-electron chi connectivity index (χ2n) is 9.03. The van der Waals surface area contributed by atoms with Crippen LogP contribution in [0, 0.1) is 11.8 Å². The lowest BCUT2D eigenvalue weighted by atomic mass is 9.46. The fourth-order valence-electron chi connectivity index (χ4n) is 6.65. The Morgan fingerprint density at radius 2 is 1.45 bits per heavy atom. The van der Waals surface area contributed by atoms with Crippen molar-refractivity contribution in [3.05, 3.63) is 101 Å². The highest BCUT2D eigenvalue weighted by Crippen LogP contribution is 2.65. The first-order valence-electron chi connectivity index (χ1n) is 11.3. The summed E-state index contributed by atoms with van der Waals surface area (Å²) < 4.78 is 4.77. The molecule has 0 saturated carbocycles. The molecule has 3 aliphatic carbocycles. The normalized spacial score (nSPS) is 26.6. The van der Waals surface area contributed by atoms with E-state index in [0.29, 0.717) is 11.3 Å². The molecule has 1 aliphatic heterocycles. The van der Waals surface area contributed by atoms with Gasteiger partial charge in [0.2, 0.25) is 11.8 Å². The Balaban J connectivity index is 1.54. The number of esters is 1. The molecule has 0 radical (unpaired) electrons. The molecule has 3 aromatic rings. The van der Waals surface area contributed by atoms with E-state index in [9.17, 15) is 14.4 Å². The average molecular weight is 437 g/mol. The fraction of sp³-hybridized carbons (Fsp3) is 0.250. The number of ether oxygens (including phenoxy) is 1. The van der Waals surface area contributed by atoms with Crippen LogP contribution in [0.25, 0.3) is 0 Å². The number of amides is 2. The minimum absolute atomic E-state index is 0.147. The zero-order valence-electron chi connectivity index (χ0n) is 18.4. The van der Waals surface area contributed by atoms with Gasteiger partial charge in [-0.05, 0) is 52.9 Å². The highest BCUT2D eigenvalue weighted by Gasteiger charge is 2.67. The van der Waals surface area contributed by atoms with Crippen LogP contribution >= 0.6 is 0 Å². The molecule has 1 heterocycles. The Bertz CT molecular complexity index is 1280. The molecule has 7 rings (SSSR count). The van der Waals surface area contributed by atoms with Gasteiger partial charge in [-0.25, -0.2) is 9.69 Å². The van der Waals surface area contributed by atoms with Crippen LogP contribution in [-0.2, 0) is 19.7 Å². The van der Waals surface area contributed by atoms with E-state index in [2.05, 4.69) is 31.2 Å². The monoisotopic (exact) mass is 437 g/mol. The SMILES string of the molecule is CCC12c3ccccc3C(c3ccccc31)C1C(=O)N(c3ccc(C(=O)OC)cc3)C(=O)C12. The van der Waals surface area contributed by atoms with Crippen molar-refractivity contribution in [2.45, 2.75) is 24.7 Å². The van der Waals surface area contributed by atoms with Gasteiger partial charge in [0.25, 0.3) is 0 Å². The van der Waals surface area contributed by atoms with Crippen LogP contribution in [-0.4, -0.2) is 24.9 Å². The summed E-state index contributed by atoms with van der Waals surface area (Å²) in [4.78, 5) is 41.1. The van der Waals surface area contributed by atoms with E-state index in [1.807, 2.05) is 24.3 Å². The number of anilines is 1. The molecule has 5 nitrogen and oxygen atoms in total. The molecule has 2 amide bonds. The number of rotatable bonds is 3. The summed E-state index contributed by atoms with van der Waals surface area (Å²) in [6.45, 7) is 2.11. The van der Waals surface area contributed by atoms with Gasteiger partial charge < -0.3 is 4.74 Å². The molecule has 1 saturated heterocycles. The maximum absolute atomic E-state index is 14.0. The predicted molar refractivity (Wildman–Crippen MR) is 123 cm³/mol. The molecule has 1 fully saturated rings. The third-order valence-electron chi connectivity index (χ3n) is 7.90. The van der Waals surface area contributed by atoms with Crippen LogP contribution in [0.5, 0.6) is 0 Å². The lowest BCUT2D eigenvalue weighted by Gasteiger charge is -2.54. The van der Waals surface area contributed by atoms with Gasteiger partial charge in [-0.15, -0.1) is 0 Å². The van der Waals surface area contributed by atoms with Gasteiger partial charge in [-0.2, -0.15) is 0 Å². The third kappa shape index (κ3) is 2.34. The van der Waals surface area contributed by atoms with Crippen molar-refractivity contribution in [1.29, 1.82) is 0 Å². The first-order chi connectivity index (χ1) is 16.0. The van der Waals surface area contributed by atoms with Crippen molar-refractivity contribution in [2.24, 2.45) is 11.8 Å². The molecule has 3 aromatic carbocycles. The van der Waals surface area contributed by atoms with E-state index in [1.54, 1.807) is 24.3 Å². The molecule has 0 spiro atoms. The van der Waals surface area contributed by atoms with Crippen molar-refractivity contribution in [3.63, 3.8) is 0 Å². The van der Waals surface area contributed by atoms with Gasteiger partial charge in [-0.3, -0.25) is 9.59 Å². The first-order valence-corrected chi connectivity index (χ1v) is 11.3. The first kappa shape index (κ1) is 19.9. The highest BCUT2D eigenvalue weighted by molar-refractivity contribution is 6.23. The lowest BCUT2D eigenvalue weighted by molar-refractivity contribution is -0.123. The van der Waals surface area contributed by atoms with Crippen molar-refractivity contribution < 1.29 is 19.1 Å². The minimum Gasteiger partial charge on any atom is -0.465 e.